The summed E-state index contributed by atoms with van der Waals surface area (Å²) < 4.78 is 43.5. The lowest BCUT2D eigenvalue weighted by molar-refractivity contribution is 0.383. The molecule has 0 N–H and O–H groups in total. The van der Waals surface area contributed by atoms with Gasteiger partial charge in [-0.3, -0.25) is 4.40 Å². The third-order valence-electron chi connectivity index (χ3n) is 7.49. The lowest BCUT2D eigenvalue weighted by atomic mass is 9.97. The van der Waals surface area contributed by atoms with Crippen LogP contribution in [0.15, 0.2) is 77.7 Å². The van der Waals surface area contributed by atoms with Gasteiger partial charge in [-0.1, -0.05) is 35.9 Å². The average Bonchev–Trinajstić information content (AvgIpc) is 3.34. The normalized spacial score (nSPS) is 14.6. The van der Waals surface area contributed by atoms with Gasteiger partial charge in [0.2, 0.25) is 10.0 Å². The lowest BCUT2D eigenvalue weighted by Gasteiger charge is -2.37. The van der Waals surface area contributed by atoms with Crippen LogP contribution in [0, 0.1) is 24.1 Å². The van der Waals surface area contributed by atoms with Crippen LogP contribution in [-0.2, 0) is 16.4 Å². The predicted molar refractivity (Wildman–Crippen MR) is 154 cm³/mol. The Labute approximate surface area is 236 Å². The molecule has 0 saturated carbocycles. The molecule has 1 aliphatic heterocycles. The molecule has 3 heterocycles. The smallest absolute Gasteiger partial charge is 0.243 e. The summed E-state index contributed by atoms with van der Waals surface area (Å²) in [5.74, 6) is 0.415. The largest absolute Gasteiger partial charge is 0.355 e. The number of benzene rings is 3. The van der Waals surface area contributed by atoms with E-state index in [9.17, 15) is 18.1 Å². The Balaban J connectivity index is 1.46. The molecule has 0 radical (unpaired) electrons. The van der Waals surface area contributed by atoms with Gasteiger partial charge >= 0.3 is 0 Å². The van der Waals surface area contributed by atoms with Gasteiger partial charge in [-0.2, -0.15) is 9.57 Å². The number of piperazine rings is 1. The number of hydrogen-bond acceptors (Lipinski definition) is 5. The molecule has 1 fully saturated rings. The van der Waals surface area contributed by atoms with Crippen molar-refractivity contribution in [1.82, 2.24) is 13.7 Å². The highest BCUT2D eigenvalue weighted by Crippen LogP contribution is 2.35. The monoisotopic (exact) mass is 573 g/mol. The molecule has 7 nitrogen and oxygen atoms in total. The molecule has 0 amide bonds. The second-order valence-corrected chi connectivity index (χ2v) is 12.2. The Kier molecular flexibility index (Phi) is 6.70. The van der Waals surface area contributed by atoms with Crippen LogP contribution >= 0.6 is 11.6 Å². The Morgan fingerprint density at radius 1 is 0.975 bits per heavy atom. The number of imidazole rings is 1. The minimum absolute atomic E-state index is 0.0722. The molecule has 3 aromatic carbocycles. The predicted octanol–water partition coefficient (Wildman–Crippen LogP) is 5.56. The fourth-order valence-electron chi connectivity index (χ4n) is 5.41. The molecule has 0 atom stereocenters. The van der Waals surface area contributed by atoms with Crippen LogP contribution in [0.1, 0.15) is 22.3 Å². The first-order chi connectivity index (χ1) is 19.3. The molecule has 10 heteroatoms. The van der Waals surface area contributed by atoms with Crippen LogP contribution < -0.4 is 4.90 Å². The molecule has 40 heavy (non-hydrogen) atoms. The summed E-state index contributed by atoms with van der Waals surface area (Å²) in [5.41, 5.74) is 5.61. The zero-order chi connectivity index (χ0) is 28.0. The number of anilines is 1. The standard InChI is InChI=1S/C30H25ClFN5O2S/c1-20-25(18-21-6-8-22(31)9-7-21)30(37-28-5-3-2-4-27(28)34-29(37)26(20)19-33)35-14-16-36(17-15-35)40(38,39)24-12-10-23(32)11-13-24/h2-13H,14-18H2,1H3. The Bertz CT molecular complexity index is 1890. The Morgan fingerprint density at radius 2 is 1.65 bits per heavy atom. The molecule has 6 rings (SSSR count). The topological polar surface area (TPSA) is 81.7 Å². The maximum Gasteiger partial charge on any atom is 0.243 e. The molecular weight excluding hydrogens is 549 g/mol. The van der Waals surface area contributed by atoms with Gasteiger partial charge in [-0.15, -0.1) is 0 Å². The van der Waals surface area contributed by atoms with Gasteiger partial charge < -0.3 is 4.90 Å². The van der Waals surface area contributed by atoms with Crippen molar-refractivity contribution in [2.75, 3.05) is 31.1 Å². The van der Waals surface area contributed by atoms with Crippen molar-refractivity contribution < 1.29 is 12.8 Å². The van der Waals surface area contributed by atoms with E-state index in [0.717, 1.165) is 45.7 Å². The van der Waals surface area contributed by atoms with Gasteiger partial charge in [-0.25, -0.2) is 17.8 Å². The molecule has 0 spiro atoms. The van der Waals surface area contributed by atoms with Gasteiger partial charge in [0.1, 0.15) is 17.7 Å². The van der Waals surface area contributed by atoms with E-state index < -0.39 is 15.8 Å². The maximum absolute atomic E-state index is 13.4. The van der Waals surface area contributed by atoms with Crippen LogP contribution in [0.25, 0.3) is 16.7 Å². The molecule has 0 aliphatic carbocycles. The van der Waals surface area contributed by atoms with Gasteiger partial charge in [-0.05, 0) is 66.6 Å². The van der Waals surface area contributed by atoms with Gasteiger partial charge in [0.25, 0.3) is 0 Å². The summed E-state index contributed by atoms with van der Waals surface area (Å²) in [5, 5.41) is 10.8. The lowest BCUT2D eigenvalue weighted by Crippen LogP contribution is -2.49. The van der Waals surface area contributed by atoms with Crippen molar-refractivity contribution in [3.63, 3.8) is 0 Å². The number of sulfonamides is 1. The third-order valence-corrected chi connectivity index (χ3v) is 9.65. The van der Waals surface area contributed by atoms with E-state index in [4.69, 9.17) is 16.6 Å². The molecule has 0 unspecified atom stereocenters. The molecule has 1 aliphatic rings. The van der Waals surface area contributed by atoms with E-state index in [-0.39, 0.29) is 18.0 Å². The maximum atomic E-state index is 13.4. The Hall–Kier alpha value is -3.97. The zero-order valence-corrected chi connectivity index (χ0v) is 23.3. The second-order valence-electron chi connectivity index (χ2n) is 9.82. The highest BCUT2D eigenvalue weighted by molar-refractivity contribution is 7.89. The van der Waals surface area contributed by atoms with Gasteiger partial charge in [0.05, 0.1) is 21.5 Å². The molecule has 202 valence electrons. The van der Waals surface area contributed by atoms with Gasteiger partial charge in [0.15, 0.2) is 5.65 Å². The summed E-state index contributed by atoms with van der Waals surface area (Å²) in [4.78, 5) is 7.07. The van der Waals surface area contributed by atoms with Crippen molar-refractivity contribution >= 4 is 44.1 Å². The van der Waals surface area contributed by atoms with E-state index in [1.165, 1.54) is 16.4 Å². The summed E-state index contributed by atoms with van der Waals surface area (Å²) in [6.07, 6.45) is 0.559. The first kappa shape index (κ1) is 26.3. The zero-order valence-electron chi connectivity index (χ0n) is 21.7. The number of nitriles is 1. The van der Waals surface area contributed by atoms with E-state index in [1.807, 2.05) is 59.9 Å². The van der Waals surface area contributed by atoms with E-state index in [0.29, 0.717) is 35.7 Å². The molecule has 1 saturated heterocycles. The average molecular weight is 574 g/mol. The number of pyridine rings is 1. The van der Waals surface area contributed by atoms with Crippen LogP contribution in [-0.4, -0.2) is 48.3 Å². The second kappa shape index (κ2) is 10.2. The minimum Gasteiger partial charge on any atom is -0.355 e. The number of para-hydroxylation sites is 2. The van der Waals surface area contributed by atoms with E-state index in [1.54, 1.807) is 0 Å². The molecular formula is C30H25ClFN5O2S. The molecule has 2 aromatic heterocycles. The fraction of sp³-hybridized carbons (Fsp3) is 0.200. The van der Waals surface area contributed by atoms with Crippen LogP contribution in [0.3, 0.4) is 0 Å². The quantitative estimate of drug-likeness (QED) is 0.275. The number of nitrogens with zero attached hydrogens (tertiary/aromatic N) is 5. The fourth-order valence-corrected chi connectivity index (χ4v) is 6.96. The van der Waals surface area contributed by atoms with E-state index >= 15 is 0 Å². The first-order valence-corrected chi connectivity index (χ1v) is 14.7. The van der Waals surface area contributed by atoms with Crippen LogP contribution in [0.5, 0.6) is 0 Å². The third kappa shape index (κ3) is 4.48. The summed E-state index contributed by atoms with van der Waals surface area (Å²) in [7, 11) is -3.77. The number of fused-ring (bicyclic) bond motifs is 3. The highest BCUT2D eigenvalue weighted by atomic mass is 35.5. The van der Waals surface area contributed by atoms with Crippen molar-refractivity contribution in [2.45, 2.75) is 18.2 Å². The van der Waals surface area contributed by atoms with Crippen LogP contribution in [0.2, 0.25) is 5.02 Å². The number of rotatable bonds is 5. The Morgan fingerprint density at radius 3 is 2.33 bits per heavy atom. The first-order valence-electron chi connectivity index (χ1n) is 12.9. The van der Waals surface area contributed by atoms with Crippen molar-refractivity contribution in [3.8, 4) is 6.07 Å². The van der Waals surface area contributed by atoms with E-state index in [2.05, 4.69) is 11.0 Å². The SMILES string of the molecule is Cc1c(Cc2ccc(Cl)cc2)c(N2CCN(S(=O)(=O)c3ccc(F)cc3)CC2)n2c(nc3ccccc32)c1C#N. The van der Waals surface area contributed by atoms with Gasteiger partial charge in [0, 0.05) is 43.2 Å². The number of aromatic nitrogens is 2. The van der Waals surface area contributed by atoms with Crippen molar-refractivity contribution in [2.24, 2.45) is 0 Å². The van der Waals surface area contributed by atoms with Crippen molar-refractivity contribution in [1.29, 1.82) is 5.26 Å². The minimum atomic E-state index is -3.77. The molecule has 5 aromatic rings. The summed E-state index contributed by atoms with van der Waals surface area (Å²) in [6, 6.07) is 22.7. The number of hydrogen-bond donors (Lipinski definition) is 0. The highest BCUT2D eigenvalue weighted by Gasteiger charge is 2.32. The van der Waals surface area contributed by atoms with Crippen molar-refractivity contribution in [3.05, 3.63) is 106 Å². The molecule has 0 bridgehead atoms. The summed E-state index contributed by atoms with van der Waals surface area (Å²) >= 11 is 6.14. The summed E-state index contributed by atoms with van der Waals surface area (Å²) in [6.45, 7) is 3.32. The number of halogens is 2. The van der Waals surface area contributed by atoms with Crippen LogP contribution in [0.4, 0.5) is 10.2 Å².